The van der Waals surface area contributed by atoms with Crippen LogP contribution in [0.2, 0.25) is 0 Å². The van der Waals surface area contributed by atoms with Gasteiger partial charge in [-0.05, 0) is 30.2 Å². The lowest BCUT2D eigenvalue weighted by Gasteiger charge is -2.16. The molecule has 6 heteroatoms. The van der Waals surface area contributed by atoms with Gasteiger partial charge < -0.3 is 5.32 Å². The van der Waals surface area contributed by atoms with Crippen molar-refractivity contribution in [1.82, 2.24) is 15.5 Å². The zero-order chi connectivity index (χ0) is 16.4. The smallest absolute Gasteiger partial charge is 0.175 e. The first-order chi connectivity index (χ1) is 10.9. The summed E-state index contributed by atoms with van der Waals surface area (Å²) in [5.74, 6) is 0. The molecule has 0 saturated carbocycles. The van der Waals surface area contributed by atoms with Gasteiger partial charge in [0, 0.05) is 24.2 Å². The number of aromatic amines is 1. The molecular weight excluding hydrogens is 310 g/mol. The molecule has 3 rings (SSSR count). The van der Waals surface area contributed by atoms with Crippen molar-refractivity contribution in [1.29, 1.82) is 0 Å². The van der Waals surface area contributed by atoms with Crippen LogP contribution in [0.15, 0.2) is 53.6 Å². The highest BCUT2D eigenvalue weighted by Gasteiger charge is 2.13. The molecule has 1 atom stereocenters. The van der Waals surface area contributed by atoms with Gasteiger partial charge in [-0.15, -0.1) is 0 Å². The summed E-state index contributed by atoms with van der Waals surface area (Å²) in [4.78, 5) is 0.378. The van der Waals surface area contributed by atoms with Gasteiger partial charge in [-0.1, -0.05) is 30.3 Å². The summed E-state index contributed by atoms with van der Waals surface area (Å²) in [6, 6.07) is 13.3. The third-order valence-corrected chi connectivity index (χ3v) is 5.13. The molecule has 1 heterocycles. The largest absolute Gasteiger partial charge is 0.306 e. The van der Waals surface area contributed by atoms with Gasteiger partial charge in [0.1, 0.15) is 0 Å². The number of fused-ring (bicyclic) bond motifs is 1. The van der Waals surface area contributed by atoms with E-state index in [9.17, 15) is 8.42 Å². The van der Waals surface area contributed by atoms with Gasteiger partial charge in [0.25, 0.3) is 0 Å². The van der Waals surface area contributed by atoms with Gasteiger partial charge in [0.15, 0.2) is 9.84 Å². The number of rotatable bonds is 5. The Balaban J connectivity index is 1.78. The normalized spacial score (nSPS) is 13.3. The molecule has 0 amide bonds. The first kappa shape index (κ1) is 15.7. The molecule has 0 radical (unpaired) electrons. The molecule has 3 aromatic rings. The summed E-state index contributed by atoms with van der Waals surface area (Å²) < 4.78 is 23.7. The Hall–Kier alpha value is -2.18. The minimum Gasteiger partial charge on any atom is -0.306 e. The van der Waals surface area contributed by atoms with E-state index in [-0.39, 0.29) is 6.04 Å². The van der Waals surface area contributed by atoms with E-state index in [4.69, 9.17) is 0 Å². The number of sulfone groups is 1. The highest BCUT2D eigenvalue weighted by molar-refractivity contribution is 7.90. The molecule has 0 spiro atoms. The van der Waals surface area contributed by atoms with E-state index in [0.29, 0.717) is 11.4 Å². The average molecular weight is 329 g/mol. The predicted octanol–water partition coefficient (Wildman–Crippen LogP) is 2.82. The zero-order valence-electron chi connectivity index (χ0n) is 13.1. The lowest BCUT2D eigenvalue weighted by atomic mass is 10.1. The molecule has 0 aliphatic rings. The predicted molar refractivity (Wildman–Crippen MR) is 90.9 cm³/mol. The molecule has 1 unspecified atom stereocenters. The Labute approximate surface area is 135 Å². The van der Waals surface area contributed by atoms with Crippen LogP contribution in [0.1, 0.15) is 24.1 Å². The number of hydrogen-bond acceptors (Lipinski definition) is 4. The summed E-state index contributed by atoms with van der Waals surface area (Å²) in [6.45, 7) is 2.55. The summed E-state index contributed by atoms with van der Waals surface area (Å²) >= 11 is 0. The maximum absolute atomic E-state index is 11.8. The van der Waals surface area contributed by atoms with Crippen LogP contribution in [0, 0.1) is 0 Å². The van der Waals surface area contributed by atoms with Crippen molar-refractivity contribution in [3.05, 3.63) is 59.8 Å². The zero-order valence-corrected chi connectivity index (χ0v) is 13.9. The average Bonchev–Trinajstić information content (AvgIpc) is 2.99. The van der Waals surface area contributed by atoms with E-state index in [2.05, 4.69) is 34.6 Å². The highest BCUT2D eigenvalue weighted by atomic mass is 32.2. The van der Waals surface area contributed by atoms with Crippen molar-refractivity contribution < 1.29 is 8.42 Å². The molecule has 5 nitrogen and oxygen atoms in total. The van der Waals surface area contributed by atoms with Crippen molar-refractivity contribution in [3.8, 4) is 0 Å². The third kappa shape index (κ3) is 3.43. The van der Waals surface area contributed by atoms with Crippen molar-refractivity contribution >= 4 is 20.7 Å². The molecule has 0 bridgehead atoms. The quantitative estimate of drug-likeness (QED) is 0.755. The molecular formula is C17H19N3O2S. The van der Waals surface area contributed by atoms with Gasteiger partial charge in [-0.2, -0.15) is 5.10 Å². The second kappa shape index (κ2) is 6.14. The lowest BCUT2D eigenvalue weighted by Crippen LogP contribution is -2.19. The van der Waals surface area contributed by atoms with Crippen molar-refractivity contribution in [3.63, 3.8) is 0 Å². The van der Waals surface area contributed by atoms with Crippen LogP contribution >= 0.6 is 0 Å². The van der Waals surface area contributed by atoms with Gasteiger partial charge in [-0.25, -0.2) is 8.42 Å². The minimum absolute atomic E-state index is 0.0929. The van der Waals surface area contributed by atoms with Crippen molar-refractivity contribution in [2.75, 3.05) is 6.26 Å². The van der Waals surface area contributed by atoms with Crippen molar-refractivity contribution in [2.45, 2.75) is 24.4 Å². The molecule has 0 saturated heterocycles. The molecule has 1 aromatic heterocycles. The van der Waals surface area contributed by atoms with E-state index >= 15 is 0 Å². The topological polar surface area (TPSA) is 74.8 Å². The summed E-state index contributed by atoms with van der Waals surface area (Å²) in [7, 11) is -3.22. The van der Waals surface area contributed by atoms with Gasteiger partial charge in [0.05, 0.1) is 16.6 Å². The molecule has 2 aromatic carbocycles. The Bertz CT molecular complexity index is 932. The Kier molecular flexibility index (Phi) is 4.19. The maximum atomic E-state index is 11.8. The number of aromatic nitrogens is 2. The first-order valence-corrected chi connectivity index (χ1v) is 9.28. The number of H-pyrrole nitrogens is 1. The van der Waals surface area contributed by atoms with Crippen LogP contribution in [0.3, 0.4) is 0 Å². The monoisotopic (exact) mass is 329 g/mol. The lowest BCUT2D eigenvalue weighted by molar-refractivity contribution is 0.566. The minimum atomic E-state index is -3.22. The molecule has 2 N–H and O–H groups in total. The van der Waals surface area contributed by atoms with E-state index in [0.717, 1.165) is 22.0 Å². The Morgan fingerprint density at radius 2 is 2.00 bits per heavy atom. The van der Waals surface area contributed by atoms with E-state index in [1.54, 1.807) is 18.3 Å². The number of hydrogen-bond donors (Lipinski definition) is 2. The van der Waals surface area contributed by atoms with Crippen LogP contribution in [-0.4, -0.2) is 24.9 Å². The fourth-order valence-electron chi connectivity index (χ4n) is 2.62. The third-order valence-electron chi connectivity index (χ3n) is 3.94. The number of benzene rings is 2. The van der Waals surface area contributed by atoms with Gasteiger partial charge in [0.2, 0.25) is 0 Å². The van der Waals surface area contributed by atoms with Crippen molar-refractivity contribution in [2.24, 2.45) is 0 Å². The molecule has 0 fully saturated rings. The molecule has 0 aliphatic heterocycles. The van der Waals surface area contributed by atoms with E-state index in [1.165, 1.54) is 6.26 Å². The summed E-state index contributed by atoms with van der Waals surface area (Å²) in [5, 5.41) is 11.4. The fraction of sp³-hybridized carbons (Fsp3) is 0.235. The molecule has 23 heavy (non-hydrogen) atoms. The Morgan fingerprint density at radius 1 is 1.22 bits per heavy atom. The summed E-state index contributed by atoms with van der Waals surface area (Å²) in [5.41, 5.74) is 2.90. The van der Waals surface area contributed by atoms with Crippen LogP contribution in [-0.2, 0) is 16.4 Å². The number of nitrogens with one attached hydrogen (secondary N) is 2. The summed E-state index contributed by atoms with van der Waals surface area (Å²) in [6.07, 6.45) is 3.03. The maximum Gasteiger partial charge on any atom is 0.175 e. The van der Waals surface area contributed by atoms with Crippen LogP contribution in [0.25, 0.3) is 10.9 Å². The second-order valence-corrected chi connectivity index (χ2v) is 7.68. The highest BCUT2D eigenvalue weighted by Crippen LogP contribution is 2.20. The fourth-order valence-corrected chi connectivity index (χ4v) is 3.56. The number of nitrogens with zero attached hydrogens (tertiary/aromatic N) is 1. The van der Waals surface area contributed by atoms with Crippen LogP contribution < -0.4 is 5.32 Å². The molecule has 120 valence electrons. The Morgan fingerprint density at radius 3 is 2.78 bits per heavy atom. The second-order valence-electron chi connectivity index (χ2n) is 5.70. The standard InChI is InChI=1S/C17H19N3O2S/c1-12(13-7-8-14-11-19-20-16(14)9-13)18-10-15-5-3-4-6-17(15)23(2,21)22/h3-9,11-12,18H,10H2,1-2H3,(H,19,20). The van der Waals surface area contributed by atoms with E-state index < -0.39 is 9.84 Å². The SMILES string of the molecule is CC(NCc1ccccc1S(C)(=O)=O)c1ccc2cn[nH]c2c1. The van der Waals surface area contributed by atoms with Crippen LogP contribution in [0.4, 0.5) is 0 Å². The molecule has 0 aliphatic carbocycles. The van der Waals surface area contributed by atoms with Gasteiger partial charge >= 0.3 is 0 Å². The first-order valence-electron chi connectivity index (χ1n) is 7.39. The van der Waals surface area contributed by atoms with Gasteiger partial charge in [-0.3, -0.25) is 5.10 Å². The van der Waals surface area contributed by atoms with Crippen LogP contribution in [0.5, 0.6) is 0 Å². The van der Waals surface area contributed by atoms with E-state index in [1.807, 2.05) is 18.2 Å².